The Morgan fingerprint density at radius 3 is 3.11 bits per heavy atom. The van der Waals surface area contributed by atoms with Gasteiger partial charge in [0.2, 0.25) is 0 Å². The molecule has 100 valence electrons. The first-order valence-electron chi connectivity index (χ1n) is 6.17. The Labute approximate surface area is 106 Å². The highest BCUT2D eigenvalue weighted by Gasteiger charge is 2.29. The number of ether oxygens (including phenoxy) is 1. The first-order chi connectivity index (χ1) is 8.61. The Hall–Kier alpha value is -1.40. The molecule has 0 spiro atoms. The van der Waals surface area contributed by atoms with Crippen LogP contribution in [0.1, 0.15) is 18.2 Å². The lowest BCUT2D eigenvalue weighted by atomic mass is 10.1. The molecule has 6 heteroatoms. The quantitative estimate of drug-likeness (QED) is 0.834. The average Bonchev–Trinajstić information content (AvgIpc) is 2.70. The van der Waals surface area contributed by atoms with Gasteiger partial charge in [-0.05, 0) is 6.42 Å². The largest absolute Gasteiger partial charge is 0.480 e. The fourth-order valence-electron chi connectivity index (χ4n) is 2.29. The normalized spacial score (nSPS) is 21.1. The van der Waals surface area contributed by atoms with Crippen LogP contribution in [0, 0.1) is 0 Å². The first kappa shape index (κ1) is 13.0. The van der Waals surface area contributed by atoms with Crippen LogP contribution in [0.3, 0.4) is 0 Å². The lowest BCUT2D eigenvalue weighted by Crippen LogP contribution is -2.49. The standard InChI is InChI=1S/C12H19N3O3/c1-3-10-9(6-14(2)13-10)7-15-4-5-18-8-11(15)12(16)17/h6,11H,3-5,7-8H2,1-2H3,(H,16,17). The second kappa shape index (κ2) is 5.49. The van der Waals surface area contributed by atoms with Crippen molar-refractivity contribution in [2.75, 3.05) is 19.8 Å². The third-order valence-electron chi connectivity index (χ3n) is 3.22. The van der Waals surface area contributed by atoms with E-state index in [2.05, 4.69) is 12.0 Å². The minimum Gasteiger partial charge on any atom is -0.480 e. The maximum absolute atomic E-state index is 11.2. The molecule has 18 heavy (non-hydrogen) atoms. The van der Waals surface area contributed by atoms with Gasteiger partial charge in [0.25, 0.3) is 0 Å². The first-order valence-corrected chi connectivity index (χ1v) is 6.17. The van der Waals surface area contributed by atoms with Gasteiger partial charge in [-0.3, -0.25) is 14.4 Å². The van der Waals surface area contributed by atoms with E-state index in [-0.39, 0.29) is 6.61 Å². The number of morpholine rings is 1. The molecule has 0 aliphatic carbocycles. The van der Waals surface area contributed by atoms with E-state index in [0.29, 0.717) is 19.7 Å². The molecule has 1 N–H and O–H groups in total. The fourth-order valence-corrected chi connectivity index (χ4v) is 2.29. The molecule has 0 bridgehead atoms. The Kier molecular flexibility index (Phi) is 3.98. The number of hydrogen-bond acceptors (Lipinski definition) is 4. The van der Waals surface area contributed by atoms with Crippen molar-refractivity contribution in [1.82, 2.24) is 14.7 Å². The number of rotatable bonds is 4. The molecule has 6 nitrogen and oxygen atoms in total. The van der Waals surface area contributed by atoms with E-state index in [1.54, 1.807) is 4.68 Å². The van der Waals surface area contributed by atoms with Gasteiger partial charge < -0.3 is 9.84 Å². The fraction of sp³-hybridized carbons (Fsp3) is 0.667. The van der Waals surface area contributed by atoms with Crippen molar-refractivity contribution in [3.63, 3.8) is 0 Å². The molecule has 1 atom stereocenters. The van der Waals surface area contributed by atoms with Gasteiger partial charge in [-0.2, -0.15) is 5.10 Å². The van der Waals surface area contributed by atoms with Crippen molar-refractivity contribution in [1.29, 1.82) is 0 Å². The molecule has 1 unspecified atom stereocenters. The van der Waals surface area contributed by atoms with Crippen LogP contribution in [0.25, 0.3) is 0 Å². The molecule has 1 aliphatic rings. The summed E-state index contributed by atoms with van der Waals surface area (Å²) in [5.74, 6) is -0.823. The molecular weight excluding hydrogens is 234 g/mol. The van der Waals surface area contributed by atoms with Crippen LogP contribution < -0.4 is 0 Å². The summed E-state index contributed by atoms with van der Waals surface area (Å²) >= 11 is 0. The van der Waals surface area contributed by atoms with E-state index in [4.69, 9.17) is 4.74 Å². The Morgan fingerprint density at radius 2 is 2.44 bits per heavy atom. The second-order valence-corrected chi connectivity index (χ2v) is 4.53. The van der Waals surface area contributed by atoms with Crippen LogP contribution in [0.2, 0.25) is 0 Å². The van der Waals surface area contributed by atoms with Crippen molar-refractivity contribution < 1.29 is 14.6 Å². The number of hydrogen-bond donors (Lipinski definition) is 1. The number of carbonyl (C=O) groups is 1. The number of carboxylic acids is 1. The number of aliphatic carboxylic acids is 1. The third-order valence-corrected chi connectivity index (χ3v) is 3.22. The summed E-state index contributed by atoms with van der Waals surface area (Å²) in [5.41, 5.74) is 2.14. The van der Waals surface area contributed by atoms with E-state index in [9.17, 15) is 9.90 Å². The third kappa shape index (κ3) is 2.70. The zero-order chi connectivity index (χ0) is 13.1. The minimum absolute atomic E-state index is 0.261. The molecule has 2 rings (SSSR count). The molecule has 2 heterocycles. The second-order valence-electron chi connectivity index (χ2n) is 4.53. The summed E-state index contributed by atoms with van der Waals surface area (Å²) in [7, 11) is 1.89. The summed E-state index contributed by atoms with van der Waals surface area (Å²) in [6.45, 7) is 4.18. The molecule has 1 aromatic heterocycles. The van der Waals surface area contributed by atoms with Crippen LogP contribution >= 0.6 is 0 Å². The van der Waals surface area contributed by atoms with Crippen LogP contribution in [0.15, 0.2) is 6.20 Å². The monoisotopic (exact) mass is 253 g/mol. The maximum atomic E-state index is 11.2. The van der Waals surface area contributed by atoms with Gasteiger partial charge in [-0.25, -0.2) is 0 Å². The highest BCUT2D eigenvalue weighted by Crippen LogP contribution is 2.15. The molecule has 0 radical (unpaired) electrons. The summed E-state index contributed by atoms with van der Waals surface area (Å²) in [6.07, 6.45) is 2.82. The van der Waals surface area contributed by atoms with Crippen LogP contribution in [0.5, 0.6) is 0 Å². The molecule has 0 aromatic carbocycles. The SMILES string of the molecule is CCc1nn(C)cc1CN1CCOCC1C(=O)O. The molecular formula is C12H19N3O3. The highest BCUT2D eigenvalue weighted by molar-refractivity contribution is 5.73. The van der Waals surface area contributed by atoms with Crippen LogP contribution in [0.4, 0.5) is 0 Å². The Morgan fingerprint density at radius 1 is 1.67 bits per heavy atom. The van der Waals surface area contributed by atoms with Crippen molar-refractivity contribution in [3.8, 4) is 0 Å². The predicted octanol–water partition coefficient (Wildman–Crippen LogP) is 0.268. The summed E-state index contributed by atoms with van der Waals surface area (Å²) in [5, 5.41) is 13.6. The van der Waals surface area contributed by atoms with Crippen molar-refractivity contribution in [2.24, 2.45) is 7.05 Å². The maximum Gasteiger partial charge on any atom is 0.323 e. The van der Waals surface area contributed by atoms with E-state index in [0.717, 1.165) is 17.7 Å². The predicted molar refractivity (Wildman–Crippen MR) is 65.2 cm³/mol. The molecule has 1 saturated heterocycles. The van der Waals surface area contributed by atoms with E-state index in [1.807, 2.05) is 18.1 Å². The summed E-state index contributed by atoms with van der Waals surface area (Å²) < 4.78 is 7.01. The smallest absolute Gasteiger partial charge is 0.323 e. The molecule has 1 fully saturated rings. The van der Waals surface area contributed by atoms with Gasteiger partial charge in [0.05, 0.1) is 18.9 Å². The van der Waals surface area contributed by atoms with E-state index < -0.39 is 12.0 Å². The molecule has 1 aliphatic heterocycles. The number of aryl methyl sites for hydroxylation is 2. The van der Waals surface area contributed by atoms with Crippen molar-refractivity contribution in [3.05, 3.63) is 17.5 Å². The summed E-state index contributed by atoms with van der Waals surface area (Å²) in [6, 6.07) is -0.552. The topological polar surface area (TPSA) is 67.6 Å². The molecule has 0 amide bonds. The Balaban J connectivity index is 2.13. The Bertz CT molecular complexity index is 430. The van der Waals surface area contributed by atoms with Crippen LogP contribution in [-0.4, -0.2) is 51.6 Å². The lowest BCUT2D eigenvalue weighted by Gasteiger charge is -2.32. The van der Waals surface area contributed by atoms with Gasteiger partial charge in [0.15, 0.2) is 0 Å². The highest BCUT2D eigenvalue weighted by atomic mass is 16.5. The number of nitrogens with zero attached hydrogens (tertiary/aromatic N) is 3. The lowest BCUT2D eigenvalue weighted by molar-refractivity contribution is -0.150. The van der Waals surface area contributed by atoms with Crippen LogP contribution in [-0.2, 0) is 29.5 Å². The van der Waals surface area contributed by atoms with Gasteiger partial charge in [0.1, 0.15) is 6.04 Å². The zero-order valence-corrected chi connectivity index (χ0v) is 10.8. The zero-order valence-electron chi connectivity index (χ0n) is 10.8. The molecule has 0 saturated carbocycles. The van der Waals surface area contributed by atoms with E-state index >= 15 is 0 Å². The van der Waals surface area contributed by atoms with Crippen molar-refractivity contribution >= 4 is 5.97 Å². The summed E-state index contributed by atoms with van der Waals surface area (Å²) in [4.78, 5) is 13.1. The van der Waals surface area contributed by atoms with E-state index in [1.165, 1.54) is 0 Å². The molecule has 1 aromatic rings. The number of aromatic nitrogens is 2. The van der Waals surface area contributed by atoms with Gasteiger partial charge in [-0.15, -0.1) is 0 Å². The van der Waals surface area contributed by atoms with Crippen molar-refractivity contribution in [2.45, 2.75) is 25.9 Å². The minimum atomic E-state index is -0.823. The van der Waals surface area contributed by atoms with Gasteiger partial charge in [-0.1, -0.05) is 6.92 Å². The number of carboxylic acid groups (broad SMARTS) is 1. The van der Waals surface area contributed by atoms with Gasteiger partial charge >= 0.3 is 5.97 Å². The average molecular weight is 253 g/mol. The van der Waals surface area contributed by atoms with Gasteiger partial charge in [0, 0.05) is 31.9 Å².